The van der Waals surface area contributed by atoms with Gasteiger partial charge in [0.15, 0.2) is 9.84 Å². The number of hydrogen-bond acceptors (Lipinski definition) is 6. The zero-order valence-corrected chi connectivity index (χ0v) is 14.5. The molecule has 1 atom stereocenters. The number of hydrogen-bond donors (Lipinski definition) is 2. The lowest BCUT2D eigenvalue weighted by Gasteiger charge is -2.42. The molecule has 0 aliphatic carbocycles. The highest BCUT2D eigenvalue weighted by molar-refractivity contribution is 7.92. The van der Waals surface area contributed by atoms with Gasteiger partial charge in [-0.15, -0.1) is 0 Å². The van der Waals surface area contributed by atoms with Crippen LogP contribution in [-0.4, -0.2) is 53.1 Å². The van der Waals surface area contributed by atoms with Crippen LogP contribution in [0.4, 0.5) is 5.82 Å². The molecule has 130 valence electrons. The number of aryl methyl sites for hydroxylation is 1. The van der Waals surface area contributed by atoms with Crippen LogP contribution in [0.25, 0.3) is 11.0 Å². The lowest BCUT2D eigenvalue weighted by atomic mass is 9.89. The van der Waals surface area contributed by atoms with Crippen molar-refractivity contribution in [3.63, 3.8) is 0 Å². The smallest absolute Gasteiger partial charge is 0.156 e. The largest absolute Gasteiger partial charge is 0.381 e. The summed E-state index contributed by atoms with van der Waals surface area (Å²) in [5.41, 5.74) is 0.800. The summed E-state index contributed by atoms with van der Waals surface area (Å²) in [6.45, 7) is 2.91. The molecule has 2 aromatic rings. The fraction of sp³-hybridized carbons (Fsp3) is 0.625. The van der Waals surface area contributed by atoms with Crippen molar-refractivity contribution in [1.82, 2.24) is 15.0 Å². The monoisotopic (exact) mass is 350 g/mol. The van der Waals surface area contributed by atoms with E-state index in [1.54, 1.807) is 0 Å². The minimum absolute atomic E-state index is 0.0963. The van der Waals surface area contributed by atoms with E-state index in [1.807, 2.05) is 19.2 Å². The van der Waals surface area contributed by atoms with Crippen LogP contribution in [0.3, 0.4) is 0 Å². The molecule has 0 radical (unpaired) electrons. The number of nitrogens with zero attached hydrogens (tertiary/aromatic N) is 2. The summed E-state index contributed by atoms with van der Waals surface area (Å²) in [7, 11) is -3.07. The minimum atomic E-state index is -3.07. The van der Waals surface area contributed by atoms with Crippen molar-refractivity contribution in [2.45, 2.75) is 43.4 Å². The van der Waals surface area contributed by atoms with E-state index in [0.717, 1.165) is 16.9 Å². The molecule has 1 spiro atoms. The third kappa shape index (κ3) is 2.57. The van der Waals surface area contributed by atoms with Crippen molar-refractivity contribution >= 4 is 26.7 Å². The summed E-state index contributed by atoms with van der Waals surface area (Å²) >= 11 is 0. The lowest BCUT2D eigenvalue weighted by Crippen LogP contribution is -2.52. The molecule has 2 N–H and O–H groups in total. The van der Waals surface area contributed by atoms with Crippen molar-refractivity contribution < 1.29 is 13.2 Å². The van der Waals surface area contributed by atoms with Gasteiger partial charge in [-0.3, -0.25) is 0 Å². The molecule has 2 fully saturated rings. The predicted molar refractivity (Wildman–Crippen MR) is 91.8 cm³/mol. The second-order valence-corrected chi connectivity index (χ2v) is 9.31. The average Bonchev–Trinajstić information content (AvgIpc) is 3.01. The zero-order chi connectivity index (χ0) is 16.8. The number of sulfone groups is 1. The Morgan fingerprint density at radius 1 is 1.33 bits per heavy atom. The van der Waals surface area contributed by atoms with Gasteiger partial charge in [-0.2, -0.15) is 0 Å². The first kappa shape index (κ1) is 15.8. The van der Waals surface area contributed by atoms with E-state index in [1.165, 1.54) is 0 Å². The van der Waals surface area contributed by atoms with Gasteiger partial charge in [-0.25, -0.2) is 18.4 Å². The number of anilines is 1. The second kappa shape index (κ2) is 5.70. The molecule has 2 aromatic heterocycles. The molecule has 0 saturated carbocycles. The first-order valence-electron chi connectivity index (χ1n) is 8.37. The predicted octanol–water partition coefficient (Wildman–Crippen LogP) is 1.80. The molecule has 2 saturated heterocycles. The molecular formula is C16H22N4O3S. The van der Waals surface area contributed by atoms with Gasteiger partial charge in [0.25, 0.3) is 0 Å². The molecule has 0 bridgehead atoms. The molecule has 4 rings (SSSR count). The number of H-pyrrole nitrogens is 1. The summed E-state index contributed by atoms with van der Waals surface area (Å²) in [6, 6.07) is 2.04. The SMILES string of the molecule is Cc1nc(NC2CCS(=O)(=O)C3(CCOCC3)C2)c2cc[nH]c2n1. The number of fused-ring (bicyclic) bond motifs is 1. The van der Waals surface area contributed by atoms with E-state index < -0.39 is 14.6 Å². The summed E-state index contributed by atoms with van der Waals surface area (Å²) in [4.78, 5) is 12.0. The van der Waals surface area contributed by atoms with Crippen LogP contribution in [0.2, 0.25) is 0 Å². The molecule has 0 aromatic carbocycles. The van der Waals surface area contributed by atoms with Gasteiger partial charge in [-0.1, -0.05) is 0 Å². The normalized spacial score (nSPS) is 25.8. The van der Waals surface area contributed by atoms with Crippen LogP contribution in [0.1, 0.15) is 31.5 Å². The first-order chi connectivity index (χ1) is 11.5. The molecule has 1 unspecified atom stereocenters. The van der Waals surface area contributed by atoms with Gasteiger partial charge in [0.2, 0.25) is 0 Å². The van der Waals surface area contributed by atoms with Crippen LogP contribution in [0.15, 0.2) is 12.3 Å². The Balaban J connectivity index is 1.62. The molecule has 24 heavy (non-hydrogen) atoms. The van der Waals surface area contributed by atoms with E-state index in [9.17, 15) is 8.42 Å². The number of aromatic amines is 1. The maximum atomic E-state index is 12.7. The summed E-state index contributed by atoms with van der Waals surface area (Å²) in [5, 5.41) is 4.42. The van der Waals surface area contributed by atoms with Crippen molar-refractivity contribution in [3.8, 4) is 0 Å². The summed E-state index contributed by atoms with van der Waals surface area (Å²) in [5.74, 6) is 1.70. The van der Waals surface area contributed by atoms with Gasteiger partial charge in [-0.05, 0) is 38.7 Å². The van der Waals surface area contributed by atoms with Gasteiger partial charge >= 0.3 is 0 Å². The number of rotatable bonds is 2. The molecule has 4 heterocycles. The minimum Gasteiger partial charge on any atom is -0.381 e. The zero-order valence-electron chi connectivity index (χ0n) is 13.7. The van der Waals surface area contributed by atoms with Crippen molar-refractivity contribution in [2.75, 3.05) is 24.3 Å². The van der Waals surface area contributed by atoms with E-state index in [2.05, 4.69) is 20.3 Å². The quantitative estimate of drug-likeness (QED) is 0.857. The second-order valence-electron chi connectivity index (χ2n) is 6.81. The van der Waals surface area contributed by atoms with E-state index in [4.69, 9.17) is 4.74 Å². The topological polar surface area (TPSA) is 97.0 Å². The fourth-order valence-corrected chi connectivity index (χ4v) is 6.20. The standard InChI is InChI=1S/C16H22N4O3S/c1-11-18-14-13(2-6-17-14)15(19-11)20-12-3-9-24(21,22)16(10-12)4-7-23-8-5-16/h2,6,12H,3-5,7-10H2,1H3,(H2,17,18,19,20). The van der Waals surface area contributed by atoms with E-state index in [0.29, 0.717) is 44.7 Å². The highest BCUT2D eigenvalue weighted by Gasteiger charge is 2.49. The Kier molecular flexibility index (Phi) is 3.76. The molecule has 7 nitrogen and oxygen atoms in total. The maximum absolute atomic E-state index is 12.7. The van der Waals surface area contributed by atoms with Gasteiger partial charge in [0.1, 0.15) is 17.3 Å². The van der Waals surface area contributed by atoms with Crippen molar-refractivity contribution in [3.05, 3.63) is 18.1 Å². The third-order valence-corrected chi connectivity index (χ3v) is 7.95. The molecule has 8 heteroatoms. The maximum Gasteiger partial charge on any atom is 0.156 e. The Labute approximate surface area is 141 Å². The van der Waals surface area contributed by atoms with Crippen LogP contribution >= 0.6 is 0 Å². The van der Waals surface area contributed by atoms with Crippen LogP contribution < -0.4 is 5.32 Å². The lowest BCUT2D eigenvalue weighted by molar-refractivity contribution is 0.0695. The van der Waals surface area contributed by atoms with Gasteiger partial charge < -0.3 is 15.0 Å². The van der Waals surface area contributed by atoms with Crippen molar-refractivity contribution in [2.24, 2.45) is 0 Å². The number of aromatic nitrogens is 3. The van der Waals surface area contributed by atoms with Crippen molar-refractivity contribution in [1.29, 1.82) is 0 Å². The van der Waals surface area contributed by atoms with Gasteiger partial charge in [0.05, 0.1) is 15.9 Å². The Morgan fingerprint density at radius 2 is 2.12 bits per heavy atom. The third-order valence-electron chi connectivity index (χ3n) is 5.29. The number of nitrogens with one attached hydrogen (secondary N) is 2. The van der Waals surface area contributed by atoms with E-state index in [-0.39, 0.29) is 11.8 Å². The molecule has 0 amide bonds. The van der Waals surface area contributed by atoms with Crippen LogP contribution in [0.5, 0.6) is 0 Å². The average molecular weight is 350 g/mol. The Bertz CT molecular complexity index is 855. The molecule has 2 aliphatic rings. The Hall–Kier alpha value is -1.67. The fourth-order valence-electron chi connectivity index (χ4n) is 3.93. The van der Waals surface area contributed by atoms with Crippen LogP contribution in [0, 0.1) is 6.92 Å². The Morgan fingerprint density at radius 3 is 2.92 bits per heavy atom. The highest BCUT2D eigenvalue weighted by Crippen LogP contribution is 2.40. The number of ether oxygens (including phenoxy) is 1. The summed E-state index contributed by atoms with van der Waals surface area (Å²) < 4.78 is 30.1. The molecular weight excluding hydrogens is 328 g/mol. The van der Waals surface area contributed by atoms with Crippen LogP contribution in [-0.2, 0) is 14.6 Å². The van der Waals surface area contributed by atoms with E-state index >= 15 is 0 Å². The summed E-state index contributed by atoms with van der Waals surface area (Å²) in [6.07, 6.45) is 4.26. The highest BCUT2D eigenvalue weighted by atomic mass is 32.2. The molecule has 2 aliphatic heterocycles. The van der Waals surface area contributed by atoms with Gasteiger partial charge in [0, 0.05) is 25.5 Å². The first-order valence-corrected chi connectivity index (χ1v) is 10.0.